The van der Waals surface area contributed by atoms with E-state index in [2.05, 4.69) is 12.2 Å². The Morgan fingerprint density at radius 1 is 1.36 bits per heavy atom. The van der Waals surface area contributed by atoms with Gasteiger partial charge in [0.25, 0.3) is 0 Å². The van der Waals surface area contributed by atoms with Gasteiger partial charge in [0.15, 0.2) is 0 Å². The van der Waals surface area contributed by atoms with Gasteiger partial charge in [0.05, 0.1) is 6.04 Å². The minimum absolute atomic E-state index is 0.000556. The topological polar surface area (TPSA) is 55.1 Å². The number of hydrogen-bond acceptors (Lipinski definition) is 2. The third-order valence-corrected chi connectivity index (χ3v) is 3.25. The first kappa shape index (κ1) is 11.5. The minimum Gasteiger partial charge on any atom is -0.352 e. The molecule has 0 aromatic carbocycles. The van der Waals surface area contributed by atoms with E-state index in [0.29, 0.717) is 12.0 Å². The number of carbonyl (C=O) groups is 1. The van der Waals surface area contributed by atoms with E-state index in [1.165, 1.54) is 19.3 Å². The SMILES string of the molecule is CC(C)C(N)C(=O)NC(C)C1CCC1. The van der Waals surface area contributed by atoms with Gasteiger partial charge in [-0.2, -0.15) is 0 Å². The van der Waals surface area contributed by atoms with Crippen molar-refractivity contribution < 1.29 is 4.79 Å². The monoisotopic (exact) mass is 198 g/mol. The second-order valence-electron chi connectivity index (χ2n) is 4.76. The molecule has 0 aromatic heterocycles. The standard InChI is InChI=1S/C11H22N2O/c1-7(2)10(12)11(14)13-8(3)9-5-4-6-9/h7-10H,4-6,12H2,1-3H3,(H,13,14). The lowest BCUT2D eigenvalue weighted by Gasteiger charge is -2.32. The van der Waals surface area contributed by atoms with E-state index in [1.54, 1.807) is 0 Å². The van der Waals surface area contributed by atoms with Gasteiger partial charge in [0.1, 0.15) is 0 Å². The van der Waals surface area contributed by atoms with Crippen molar-refractivity contribution in [3.05, 3.63) is 0 Å². The van der Waals surface area contributed by atoms with Crippen molar-refractivity contribution in [2.75, 3.05) is 0 Å². The van der Waals surface area contributed by atoms with Crippen molar-refractivity contribution in [3.63, 3.8) is 0 Å². The number of amides is 1. The molecular formula is C11H22N2O. The van der Waals surface area contributed by atoms with Crippen LogP contribution < -0.4 is 11.1 Å². The summed E-state index contributed by atoms with van der Waals surface area (Å²) in [7, 11) is 0. The van der Waals surface area contributed by atoms with Gasteiger partial charge >= 0.3 is 0 Å². The summed E-state index contributed by atoms with van der Waals surface area (Å²) in [5.74, 6) is 0.890. The molecule has 3 N–H and O–H groups in total. The fourth-order valence-corrected chi connectivity index (χ4v) is 1.68. The van der Waals surface area contributed by atoms with Crippen molar-refractivity contribution in [3.8, 4) is 0 Å². The van der Waals surface area contributed by atoms with Crippen LogP contribution in [0.15, 0.2) is 0 Å². The first-order valence-corrected chi connectivity index (χ1v) is 5.58. The van der Waals surface area contributed by atoms with Gasteiger partial charge in [-0.15, -0.1) is 0 Å². The van der Waals surface area contributed by atoms with Crippen LogP contribution in [0.5, 0.6) is 0 Å². The molecule has 0 bridgehead atoms. The van der Waals surface area contributed by atoms with E-state index >= 15 is 0 Å². The highest BCUT2D eigenvalue weighted by Gasteiger charge is 2.27. The normalized spacial score (nSPS) is 21.5. The second-order valence-corrected chi connectivity index (χ2v) is 4.76. The van der Waals surface area contributed by atoms with Crippen LogP contribution in [0.3, 0.4) is 0 Å². The molecule has 1 aliphatic rings. The van der Waals surface area contributed by atoms with Crippen molar-refractivity contribution in [1.82, 2.24) is 5.32 Å². The van der Waals surface area contributed by atoms with Crippen LogP contribution in [0, 0.1) is 11.8 Å². The third-order valence-electron chi connectivity index (χ3n) is 3.25. The molecule has 1 aliphatic carbocycles. The summed E-state index contributed by atoms with van der Waals surface area (Å²) in [5.41, 5.74) is 5.76. The average Bonchev–Trinajstić information content (AvgIpc) is 1.98. The summed E-state index contributed by atoms with van der Waals surface area (Å²) < 4.78 is 0. The molecule has 1 rings (SSSR count). The molecule has 2 atom stereocenters. The Morgan fingerprint density at radius 3 is 2.29 bits per heavy atom. The van der Waals surface area contributed by atoms with Crippen molar-refractivity contribution in [1.29, 1.82) is 0 Å². The number of nitrogens with two attached hydrogens (primary N) is 1. The minimum atomic E-state index is -0.363. The smallest absolute Gasteiger partial charge is 0.237 e. The Hall–Kier alpha value is -0.570. The summed E-state index contributed by atoms with van der Waals surface area (Å²) in [4.78, 5) is 11.6. The molecule has 1 saturated carbocycles. The zero-order valence-electron chi connectivity index (χ0n) is 9.42. The van der Waals surface area contributed by atoms with Gasteiger partial charge in [-0.25, -0.2) is 0 Å². The van der Waals surface area contributed by atoms with Gasteiger partial charge in [0.2, 0.25) is 5.91 Å². The molecular weight excluding hydrogens is 176 g/mol. The highest BCUT2D eigenvalue weighted by Crippen LogP contribution is 2.29. The Bertz CT molecular complexity index is 199. The van der Waals surface area contributed by atoms with Crippen molar-refractivity contribution >= 4 is 5.91 Å². The average molecular weight is 198 g/mol. The molecule has 0 heterocycles. The predicted molar refractivity (Wildman–Crippen MR) is 57.8 cm³/mol. The molecule has 0 saturated heterocycles. The van der Waals surface area contributed by atoms with E-state index in [0.717, 1.165) is 0 Å². The molecule has 14 heavy (non-hydrogen) atoms. The first-order valence-electron chi connectivity index (χ1n) is 5.58. The van der Waals surface area contributed by atoms with Gasteiger partial charge in [-0.1, -0.05) is 20.3 Å². The molecule has 0 aromatic rings. The Kier molecular flexibility index (Phi) is 3.93. The van der Waals surface area contributed by atoms with Gasteiger partial charge in [-0.05, 0) is 31.6 Å². The van der Waals surface area contributed by atoms with E-state index in [1.807, 2.05) is 13.8 Å². The summed E-state index contributed by atoms with van der Waals surface area (Å²) in [6, 6.07) is -0.0708. The summed E-state index contributed by atoms with van der Waals surface area (Å²) in [5, 5.41) is 3.00. The maximum absolute atomic E-state index is 11.6. The molecule has 1 fully saturated rings. The molecule has 0 radical (unpaired) electrons. The van der Waals surface area contributed by atoms with Gasteiger partial charge < -0.3 is 11.1 Å². The quantitative estimate of drug-likeness (QED) is 0.715. The van der Waals surface area contributed by atoms with Crippen LogP contribution in [-0.4, -0.2) is 18.0 Å². The Labute approximate surface area is 86.4 Å². The van der Waals surface area contributed by atoms with Crippen LogP contribution >= 0.6 is 0 Å². The lowest BCUT2D eigenvalue weighted by molar-refractivity contribution is -0.124. The Balaban J connectivity index is 2.31. The van der Waals surface area contributed by atoms with Crippen molar-refractivity contribution in [2.24, 2.45) is 17.6 Å². The molecule has 82 valence electrons. The van der Waals surface area contributed by atoms with Crippen LogP contribution in [0.2, 0.25) is 0 Å². The summed E-state index contributed by atoms with van der Waals surface area (Å²) >= 11 is 0. The molecule has 2 unspecified atom stereocenters. The fraction of sp³-hybridized carbons (Fsp3) is 0.909. The number of hydrogen-bond donors (Lipinski definition) is 2. The zero-order chi connectivity index (χ0) is 10.7. The largest absolute Gasteiger partial charge is 0.352 e. The molecule has 1 amide bonds. The molecule has 3 nitrogen and oxygen atoms in total. The van der Waals surface area contributed by atoms with Crippen LogP contribution in [-0.2, 0) is 4.79 Å². The maximum Gasteiger partial charge on any atom is 0.237 e. The highest BCUT2D eigenvalue weighted by molar-refractivity contribution is 5.82. The zero-order valence-corrected chi connectivity index (χ0v) is 9.42. The van der Waals surface area contributed by atoms with E-state index < -0.39 is 0 Å². The molecule has 3 heteroatoms. The summed E-state index contributed by atoms with van der Waals surface area (Å²) in [6.07, 6.45) is 3.80. The number of carbonyl (C=O) groups excluding carboxylic acids is 1. The predicted octanol–water partition coefficient (Wildman–Crippen LogP) is 1.27. The lowest BCUT2D eigenvalue weighted by Crippen LogP contribution is -2.49. The number of nitrogens with one attached hydrogen (secondary N) is 1. The van der Waals surface area contributed by atoms with Crippen LogP contribution in [0.1, 0.15) is 40.0 Å². The lowest BCUT2D eigenvalue weighted by atomic mass is 9.80. The van der Waals surface area contributed by atoms with Crippen LogP contribution in [0.25, 0.3) is 0 Å². The van der Waals surface area contributed by atoms with E-state index in [9.17, 15) is 4.79 Å². The van der Waals surface area contributed by atoms with Crippen LogP contribution in [0.4, 0.5) is 0 Å². The number of rotatable bonds is 4. The van der Waals surface area contributed by atoms with Gasteiger partial charge in [-0.3, -0.25) is 4.79 Å². The highest BCUT2D eigenvalue weighted by atomic mass is 16.2. The van der Waals surface area contributed by atoms with E-state index in [-0.39, 0.29) is 17.9 Å². The summed E-state index contributed by atoms with van der Waals surface area (Å²) in [6.45, 7) is 6.02. The second kappa shape index (κ2) is 4.78. The maximum atomic E-state index is 11.6. The molecule has 0 spiro atoms. The third kappa shape index (κ3) is 2.71. The Morgan fingerprint density at radius 2 is 1.93 bits per heavy atom. The first-order chi connectivity index (χ1) is 6.52. The van der Waals surface area contributed by atoms with Crippen molar-refractivity contribution in [2.45, 2.75) is 52.1 Å². The molecule has 0 aliphatic heterocycles. The van der Waals surface area contributed by atoms with Gasteiger partial charge in [0, 0.05) is 6.04 Å². The fourth-order valence-electron chi connectivity index (χ4n) is 1.68. The van der Waals surface area contributed by atoms with E-state index in [4.69, 9.17) is 5.73 Å².